The van der Waals surface area contributed by atoms with Crippen molar-refractivity contribution < 1.29 is 23.4 Å². The highest BCUT2D eigenvalue weighted by Gasteiger charge is 2.14. The van der Waals surface area contributed by atoms with Crippen LogP contribution in [0.5, 0.6) is 11.5 Å². The molecule has 1 heterocycles. The summed E-state index contributed by atoms with van der Waals surface area (Å²) >= 11 is 0. The molecular formula is C19H18O6. The second-order valence-corrected chi connectivity index (χ2v) is 5.24. The highest BCUT2D eigenvalue weighted by molar-refractivity contribution is 5.86. The van der Waals surface area contributed by atoms with Gasteiger partial charge in [0.25, 0.3) is 0 Å². The van der Waals surface area contributed by atoms with Crippen LogP contribution >= 0.6 is 0 Å². The zero-order valence-electron chi connectivity index (χ0n) is 14.0. The predicted octanol–water partition coefficient (Wildman–Crippen LogP) is 3.43. The van der Waals surface area contributed by atoms with E-state index in [-0.39, 0.29) is 19.0 Å². The molecule has 0 aliphatic rings. The summed E-state index contributed by atoms with van der Waals surface area (Å²) in [5, 5.41) is 0.335. The molecule has 0 unspecified atom stereocenters. The second kappa shape index (κ2) is 7.83. The number of rotatable bonds is 7. The van der Waals surface area contributed by atoms with Gasteiger partial charge in [-0.3, -0.25) is 4.79 Å². The SMILES string of the molecule is COCOc1cc(OCOC)c2c(=O)cc(-c3ccccc3)oc2c1. The third-order valence-corrected chi connectivity index (χ3v) is 3.50. The molecule has 6 heteroatoms. The van der Waals surface area contributed by atoms with E-state index in [0.29, 0.717) is 28.2 Å². The van der Waals surface area contributed by atoms with Gasteiger partial charge < -0.3 is 23.4 Å². The zero-order chi connectivity index (χ0) is 17.6. The van der Waals surface area contributed by atoms with E-state index in [1.807, 2.05) is 30.3 Å². The zero-order valence-corrected chi connectivity index (χ0v) is 14.0. The first-order chi connectivity index (χ1) is 12.2. The van der Waals surface area contributed by atoms with Gasteiger partial charge in [0.15, 0.2) is 19.0 Å². The predicted molar refractivity (Wildman–Crippen MR) is 92.9 cm³/mol. The molecule has 0 atom stereocenters. The quantitative estimate of drug-likeness (QED) is 0.613. The Bertz CT molecular complexity index is 901. The molecule has 130 valence electrons. The monoisotopic (exact) mass is 342 g/mol. The Morgan fingerprint density at radius 2 is 1.64 bits per heavy atom. The molecule has 0 fully saturated rings. The van der Waals surface area contributed by atoms with E-state index in [4.69, 9.17) is 23.4 Å². The van der Waals surface area contributed by atoms with Gasteiger partial charge in [0.2, 0.25) is 0 Å². The van der Waals surface area contributed by atoms with Crippen LogP contribution in [0.25, 0.3) is 22.3 Å². The van der Waals surface area contributed by atoms with E-state index < -0.39 is 0 Å². The third-order valence-electron chi connectivity index (χ3n) is 3.50. The summed E-state index contributed by atoms with van der Waals surface area (Å²) in [5.41, 5.74) is 0.972. The molecular weight excluding hydrogens is 324 g/mol. The third kappa shape index (κ3) is 3.81. The van der Waals surface area contributed by atoms with Gasteiger partial charge in [0, 0.05) is 38.0 Å². The molecule has 0 spiro atoms. The van der Waals surface area contributed by atoms with E-state index >= 15 is 0 Å². The van der Waals surface area contributed by atoms with Crippen LogP contribution in [-0.4, -0.2) is 27.8 Å². The lowest BCUT2D eigenvalue weighted by Gasteiger charge is -2.12. The minimum absolute atomic E-state index is 0.00269. The number of ether oxygens (including phenoxy) is 4. The Labute approximate surface area is 144 Å². The Morgan fingerprint density at radius 3 is 2.36 bits per heavy atom. The first-order valence-corrected chi connectivity index (χ1v) is 7.63. The lowest BCUT2D eigenvalue weighted by atomic mass is 10.1. The summed E-state index contributed by atoms with van der Waals surface area (Å²) < 4.78 is 26.7. The smallest absolute Gasteiger partial charge is 0.197 e. The van der Waals surface area contributed by atoms with Gasteiger partial charge in [-0.25, -0.2) is 0 Å². The fourth-order valence-corrected chi connectivity index (χ4v) is 2.42. The molecule has 0 amide bonds. The van der Waals surface area contributed by atoms with Crippen LogP contribution in [0.4, 0.5) is 0 Å². The molecule has 2 aromatic carbocycles. The normalized spacial score (nSPS) is 10.8. The lowest BCUT2D eigenvalue weighted by molar-refractivity contribution is 0.0467. The average Bonchev–Trinajstić information content (AvgIpc) is 2.64. The average molecular weight is 342 g/mol. The fourth-order valence-electron chi connectivity index (χ4n) is 2.42. The summed E-state index contributed by atoms with van der Waals surface area (Å²) in [6.07, 6.45) is 0. The van der Waals surface area contributed by atoms with E-state index in [1.165, 1.54) is 20.3 Å². The van der Waals surface area contributed by atoms with Crippen molar-refractivity contribution in [3.8, 4) is 22.8 Å². The van der Waals surface area contributed by atoms with Gasteiger partial charge in [0.1, 0.15) is 28.2 Å². The maximum absolute atomic E-state index is 12.6. The molecule has 0 radical (unpaired) electrons. The van der Waals surface area contributed by atoms with E-state index in [1.54, 1.807) is 12.1 Å². The van der Waals surface area contributed by atoms with E-state index in [2.05, 4.69) is 0 Å². The largest absolute Gasteiger partial charge is 0.467 e. The van der Waals surface area contributed by atoms with Crippen molar-refractivity contribution >= 4 is 11.0 Å². The minimum atomic E-state index is -0.204. The summed E-state index contributed by atoms with van der Waals surface area (Å²) in [4.78, 5) is 12.6. The van der Waals surface area contributed by atoms with E-state index in [0.717, 1.165) is 5.56 Å². The number of hydrogen-bond donors (Lipinski definition) is 0. The van der Waals surface area contributed by atoms with Crippen molar-refractivity contribution in [1.82, 2.24) is 0 Å². The fraction of sp³-hybridized carbons (Fsp3) is 0.211. The number of benzene rings is 2. The number of fused-ring (bicyclic) bond motifs is 1. The van der Waals surface area contributed by atoms with Gasteiger partial charge in [-0.1, -0.05) is 30.3 Å². The van der Waals surface area contributed by atoms with Crippen molar-refractivity contribution in [1.29, 1.82) is 0 Å². The van der Waals surface area contributed by atoms with Crippen molar-refractivity contribution in [2.45, 2.75) is 0 Å². The standard InChI is InChI=1S/C19H18O6/c1-21-11-23-14-8-17(24-12-22-2)19-15(20)10-16(25-18(19)9-14)13-6-4-3-5-7-13/h3-10H,11-12H2,1-2H3. The van der Waals surface area contributed by atoms with Crippen molar-refractivity contribution in [2.75, 3.05) is 27.8 Å². The molecule has 0 aliphatic carbocycles. The maximum Gasteiger partial charge on any atom is 0.197 e. The lowest BCUT2D eigenvalue weighted by Crippen LogP contribution is -2.07. The van der Waals surface area contributed by atoms with Gasteiger partial charge in [-0.05, 0) is 0 Å². The van der Waals surface area contributed by atoms with Crippen LogP contribution in [0.3, 0.4) is 0 Å². The van der Waals surface area contributed by atoms with Crippen LogP contribution in [0.15, 0.2) is 57.7 Å². The Morgan fingerprint density at radius 1 is 0.920 bits per heavy atom. The molecule has 0 bridgehead atoms. The van der Waals surface area contributed by atoms with Crippen LogP contribution in [0.2, 0.25) is 0 Å². The Kier molecular flexibility index (Phi) is 5.33. The highest BCUT2D eigenvalue weighted by Crippen LogP contribution is 2.32. The van der Waals surface area contributed by atoms with Gasteiger partial charge >= 0.3 is 0 Å². The topological polar surface area (TPSA) is 67.1 Å². The number of methoxy groups -OCH3 is 2. The van der Waals surface area contributed by atoms with Crippen LogP contribution in [0.1, 0.15) is 0 Å². The van der Waals surface area contributed by atoms with Crippen LogP contribution in [0, 0.1) is 0 Å². The summed E-state index contributed by atoms with van der Waals surface area (Å²) in [6.45, 7) is 0.0700. The van der Waals surface area contributed by atoms with Crippen molar-refractivity contribution in [3.05, 3.63) is 58.8 Å². The molecule has 6 nitrogen and oxygen atoms in total. The maximum atomic E-state index is 12.6. The molecule has 25 heavy (non-hydrogen) atoms. The number of hydrogen-bond acceptors (Lipinski definition) is 6. The molecule has 0 aliphatic heterocycles. The molecule has 0 saturated carbocycles. The first-order valence-electron chi connectivity index (χ1n) is 7.63. The first kappa shape index (κ1) is 17.0. The summed E-state index contributed by atoms with van der Waals surface area (Å²) in [7, 11) is 3.03. The summed E-state index contributed by atoms with van der Waals surface area (Å²) in [5.74, 6) is 1.27. The molecule has 3 aromatic rings. The molecule has 0 saturated heterocycles. The van der Waals surface area contributed by atoms with Crippen molar-refractivity contribution in [3.63, 3.8) is 0 Å². The van der Waals surface area contributed by atoms with Crippen LogP contribution in [-0.2, 0) is 9.47 Å². The molecule has 0 N–H and O–H groups in total. The van der Waals surface area contributed by atoms with Gasteiger partial charge in [-0.2, -0.15) is 0 Å². The Hall–Kier alpha value is -2.83. The minimum Gasteiger partial charge on any atom is -0.467 e. The Balaban J connectivity index is 2.15. The van der Waals surface area contributed by atoms with Gasteiger partial charge in [0.05, 0.1) is 0 Å². The molecule has 1 aromatic heterocycles. The second-order valence-electron chi connectivity index (χ2n) is 5.24. The van der Waals surface area contributed by atoms with Crippen molar-refractivity contribution in [2.24, 2.45) is 0 Å². The van der Waals surface area contributed by atoms with Crippen LogP contribution < -0.4 is 14.9 Å². The highest BCUT2D eigenvalue weighted by atomic mass is 16.7. The summed E-state index contributed by atoms with van der Waals surface area (Å²) in [6, 6.07) is 14.1. The molecule has 3 rings (SSSR count). The van der Waals surface area contributed by atoms with Gasteiger partial charge in [-0.15, -0.1) is 0 Å². The van der Waals surface area contributed by atoms with E-state index in [9.17, 15) is 4.79 Å².